The van der Waals surface area contributed by atoms with Gasteiger partial charge in [-0.25, -0.2) is 0 Å². The van der Waals surface area contributed by atoms with Crippen molar-refractivity contribution in [2.24, 2.45) is 0 Å². The average Bonchev–Trinajstić information content (AvgIpc) is 2.27. The molecule has 1 rings (SSSR count). The Bertz CT molecular complexity index is 422. The molecule has 92 valence electrons. The zero-order valence-electron chi connectivity index (χ0n) is 9.12. The maximum Gasteiger partial charge on any atom is 0.392 e. The predicted octanol–water partition coefficient (Wildman–Crippen LogP) is 3.39. The smallest absolute Gasteiger partial charge is 0.392 e. The minimum atomic E-state index is -4.29. The topological polar surface area (TPSA) is 26.3 Å². The summed E-state index contributed by atoms with van der Waals surface area (Å²) >= 11 is 0. The summed E-state index contributed by atoms with van der Waals surface area (Å²) in [5, 5.41) is 0. The van der Waals surface area contributed by atoms with Crippen molar-refractivity contribution in [3.8, 4) is 5.75 Å². The van der Waals surface area contributed by atoms with Crippen molar-refractivity contribution >= 4 is 5.78 Å². The number of rotatable bonds is 4. The maximum absolute atomic E-state index is 11.9. The van der Waals surface area contributed by atoms with Crippen molar-refractivity contribution in [2.75, 3.05) is 7.11 Å². The number of carbonyl (C=O) groups excluding carboxylic acids is 1. The summed E-state index contributed by atoms with van der Waals surface area (Å²) in [5.41, 5.74) is 0.244. The van der Waals surface area contributed by atoms with E-state index in [4.69, 9.17) is 4.74 Å². The minimum absolute atomic E-state index is 0.244. The van der Waals surface area contributed by atoms with Crippen LogP contribution in [0.5, 0.6) is 5.75 Å². The van der Waals surface area contributed by atoms with Crippen LogP contribution >= 0.6 is 0 Å². The highest BCUT2D eigenvalue weighted by Gasteiger charge is 2.24. The van der Waals surface area contributed by atoms with Gasteiger partial charge in [0.25, 0.3) is 0 Å². The Morgan fingerprint density at radius 3 is 2.59 bits per heavy atom. The molecule has 0 atom stereocenters. The number of ketones is 1. The third-order valence-electron chi connectivity index (χ3n) is 1.99. The highest BCUT2D eigenvalue weighted by Crippen LogP contribution is 2.21. The normalized spacial score (nSPS) is 11.8. The Balaban J connectivity index is 2.77. The van der Waals surface area contributed by atoms with Crippen LogP contribution in [-0.2, 0) is 0 Å². The van der Waals surface area contributed by atoms with E-state index in [0.717, 1.165) is 12.2 Å². The second-order valence-electron chi connectivity index (χ2n) is 3.29. The van der Waals surface area contributed by atoms with E-state index in [1.807, 2.05) is 0 Å². The van der Waals surface area contributed by atoms with Crippen LogP contribution < -0.4 is 4.74 Å². The quantitative estimate of drug-likeness (QED) is 0.599. The molecule has 0 spiro atoms. The molecule has 0 bridgehead atoms. The van der Waals surface area contributed by atoms with Crippen molar-refractivity contribution in [3.63, 3.8) is 0 Å². The standard InChI is InChI=1S/C12H11F3O2/c1-17-11-7-3-2-5-9(11)10(16)6-4-8-12(13,14)15/h2-7H,8H2,1H3/b6-4+. The molecular formula is C12H11F3O2. The number of ether oxygens (including phenoxy) is 1. The van der Waals surface area contributed by atoms with E-state index < -0.39 is 18.4 Å². The predicted molar refractivity (Wildman–Crippen MR) is 57.1 cm³/mol. The zero-order valence-corrected chi connectivity index (χ0v) is 9.12. The monoisotopic (exact) mass is 244 g/mol. The van der Waals surface area contributed by atoms with Gasteiger partial charge in [0.2, 0.25) is 0 Å². The van der Waals surface area contributed by atoms with Gasteiger partial charge in [-0.3, -0.25) is 4.79 Å². The summed E-state index contributed by atoms with van der Waals surface area (Å²) in [7, 11) is 1.39. The van der Waals surface area contributed by atoms with E-state index in [1.54, 1.807) is 18.2 Å². The van der Waals surface area contributed by atoms with Crippen LogP contribution in [0, 0.1) is 0 Å². The van der Waals surface area contributed by atoms with Crippen LogP contribution in [0.1, 0.15) is 16.8 Å². The van der Waals surface area contributed by atoms with Gasteiger partial charge in [-0.1, -0.05) is 18.2 Å². The molecule has 0 aliphatic rings. The molecule has 0 saturated carbocycles. The first-order valence-corrected chi connectivity index (χ1v) is 4.84. The number of para-hydroxylation sites is 1. The molecule has 0 amide bonds. The zero-order chi connectivity index (χ0) is 12.9. The Morgan fingerprint density at radius 2 is 2.00 bits per heavy atom. The molecule has 0 radical (unpaired) electrons. The number of hydrogen-bond acceptors (Lipinski definition) is 2. The average molecular weight is 244 g/mol. The molecular weight excluding hydrogens is 233 g/mol. The summed E-state index contributed by atoms with van der Waals surface area (Å²) in [5.74, 6) is -0.166. The van der Waals surface area contributed by atoms with Crippen LogP contribution in [0.2, 0.25) is 0 Å². The minimum Gasteiger partial charge on any atom is -0.496 e. The SMILES string of the molecule is COc1ccccc1C(=O)/C=C/CC(F)(F)F. The first-order valence-electron chi connectivity index (χ1n) is 4.84. The lowest BCUT2D eigenvalue weighted by Gasteiger charge is -2.04. The lowest BCUT2D eigenvalue weighted by atomic mass is 10.1. The summed E-state index contributed by atoms with van der Waals surface area (Å²) in [6, 6.07) is 6.37. The molecule has 0 fully saturated rings. The Kier molecular flexibility index (Phi) is 4.31. The molecule has 0 heterocycles. The second kappa shape index (κ2) is 5.52. The van der Waals surface area contributed by atoms with E-state index in [0.29, 0.717) is 5.75 Å². The number of halogens is 3. The van der Waals surface area contributed by atoms with E-state index in [9.17, 15) is 18.0 Å². The van der Waals surface area contributed by atoms with Crippen molar-refractivity contribution in [2.45, 2.75) is 12.6 Å². The van der Waals surface area contributed by atoms with Crippen LogP contribution in [0.25, 0.3) is 0 Å². The van der Waals surface area contributed by atoms with Gasteiger partial charge in [0.15, 0.2) is 5.78 Å². The van der Waals surface area contributed by atoms with Gasteiger partial charge >= 0.3 is 6.18 Å². The number of carbonyl (C=O) groups is 1. The van der Waals surface area contributed by atoms with Crippen molar-refractivity contribution < 1.29 is 22.7 Å². The van der Waals surface area contributed by atoms with Crippen LogP contribution in [0.4, 0.5) is 13.2 Å². The number of benzene rings is 1. The molecule has 0 aliphatic heterocycles. The molecule has 0 saturated heterocycles. The third kappa shape index (κ3) is 4.30. The van der Waals surface area contributed by atoms with Gasteiger partial charge in [0, 0.05) is 0 Å². The Labute approximate surface area is 96.7 Å². The number of allylic oxidation sites excluding steroid dienone is 2. The van der Waals surface area contributed by atoms with E-state index >= 15 is 0 Å². The summed E-state index contributed by atoms with van der Waals surface area (Å²) in [6.45, 7) is 0. The highest BCUT2D eigenvalue weighted by atomic mass is 19.4. The van der Waals surface area contributed by atoms with Crippen LogP contribution in [0.3, 0.4) is 0 Å². The lowest BCUT2D eigenvalue weighted by Crippen LogP contribution is -2.05. The summed E-state index contributed by atoms with van der Waals surface area (Å²) in [4.78, 5) is 11.6. The molecule has 2 nitrogen and oxygen atoms in total. The Hall–Kier alpha value is -1.78. The molecule has 0 unspecified atom stereocenters. The largest absolute Gasteiger partial charge is 0.496 e. The number of hydrogen-bond donors (Lipinski definition) is 0. The molecule has 0 aromatic heterocycles. The van der Waals surface area contributed by atoms with Crippen LogP contribution in [-0.4, -0.2) is 19.1 Å². The fourth-order valence-corrected chi connectivity index (χ4v) is 1.24. The molecule has 0 N–H and O–H groups in total. The van der Waals surface area contributed by atoms with Crippen molar-refractivity contribution in [3.05, 3.63) is 42.0 Å². The molecule has 0 aliphatic carbocycles. The van der Waals surface area contributed by atoms with Crippen molar-refractivity contribution in [1.29, 1.82) is 0 Å². The molecule has 5 heteroatoms. The van der Waals surface area contributed by atoms with E-state index in [2.05, 4.69) is 0 Å². The number of methoxy groups -OCH3 is 1. The molecule has 17 heavy (non-hydrogen) atoms. The lowest BCUT2D eigenvalue weighted by molar-refractivity contribution is -0.125. The van der Waals surface area contributed by atoms with Crippen LogP contribution in [0.15, 0.2) is 36.4 Å². The summed E-state index contributed by atoms with van der Waals surface area (Å²) < 4.78 is 40.5. The summed E-state index contributed by atoms with van der Waals surface area (Å²) in [6.07, 6.45) is -3.70. The second-order valence-corrected chi connectivity index (χ2v) is 3.29. The Morgan fingerprint density at radius 1 is 1.35 bits per heavy atom. The maximum atomic E-state index is 11.9. The fraction of sp³-hybridized carbons (Fsp3) is 0.250. The van der Waals surface area contributed by atoms with Gasteiger partial charge in [-0.15, -0.1) is 0 Å². The van der Waals surface area contributed by atoms with E-state index in [-0.39, 0.29) is 5.56 Å². The van der Waals surface area contributed by atoms with Crippen molar-refractivity contribution in [1.82, 2.24) is 0 Å². The first kappa shape index (κ1) is 13.3. The fourth-order valence-electron chi connectivity index (χ4n) is 1.24. The van der Waals surface area contributed by atoms with E-state index in [1.165, 1.54) is 13.2 Å². The highest BCUT2D eigenvalue weighted by molar-refractivity contribution is 6.06. The first-order chi connectivity index (χ1) is 7.94. The molecule has 1 aromatic rings. The number of alkyl halides is 3. The van der Waals surface area contributed by atoms with Gasteiger partial charge in [0.1, 0.15) is 5.75 Å². The molecule has 1 aromatic carbocycles. The van der Waals surface area contributed by atoms with Gasteiger partial charge < -0.3 is 4.74 Å². The van der Waals surface area contributed by atoms with Gasteiger partial charge in [0.05, 0.1) is 19.1 Å². The van der Waals surface area contributed by atoms with Gasteiger partial charge in [-0.2, -0.15) is 13.2 Å². The van der Waals surface area contributed by atoms with Gasteiger partial charge in [-0.05, 0) is 18.2 Å². The third-order valence-corrected chi connectivity index (χ3v) is 1.99.